The molecule has 0 saturated heterocycles. The lowest BCUT2D eigenvalue weighted by atomic mass is 10.2. The Morgan fingerprint density at radius 3 is 2.94 bits per heavy atom. The summed E-state index contributed by atoms with van der Waals surface area (Å²) in [6.45, 7) is 2.34. The SMILES string of the molecule is CSc1cccc(NC/C(C)=C/C(=O)O)c1. The van der Waals surface area contributed by atoms with Crippen LogP contribution in [0, 0.1) is 0 Å². The third kappa shape index (κ3) is 4.40. The van der Waals surface area contributed by atoms with E-state index in [1.807, 2.05) is 30.5 Å². The fourth-order valence-electron chi connectivity index (χ4n) is 1.24. The number of hydrogen-bond donors (Lipinski definition) is 2. The number of aliphatic carboxylic acids is 1. The van der Waals surface area contributed by atoms with Crippen LogP contribution in [-0.4, -0.2) is 23.9 Å². The minimum Gasteiger partial charge on any atom is -0.478 e. The Morgan fingerprint density at radius 2 is 2.31 bits per heavy atom. The number of carboxylic acids is 1. The van der Waals surface area contributed by atoms with Gasteiger partial charge in [0, 0.05) is 23.2 Å². The maximum Gasteiger partial charge on any atom is 0.328 e. The lowest BCUT2D eigenvalue weighted by Crippen LogP contribution is -2.04. The molecule has 0 bridgehead atoms. The molecule has 2 N–H and O–H groups in total. The Balaban J connectivity index is 2.57. The van der Waals surface area contributed by atoms with Gasteiger partial charge in [-0.25, -0.2) is 4.79 Å². The van der Waals surface area contributed by atoms with Crippen molar-refractivity contribution < 1.29 is 9.90 Å². The van der Waals surface area contributed by atoms with Gasteiger partial charge >= 0.3 is 5.97 Å². The normalized spacial score (nSPS) is 11.2. The van der Waals surface area contributed by atoms with Crippen LogP contribution in [0.4, 0.5) is 5.69 Å². The Bertz CT molecular complexity index is 402. The molecule has 0 radical (unpaired) electrons. The highest BCUT2D eigenvalue weighted by Gasteiger charge is 1.96. The second kappa shape index (κ2) is 6.23. The van der Waals surface area contributed by atoms with Crippen molar-refractivity contribution in [3.8, 4) is 0 Å². The molecule has 0 unspecified atom stereocenters. The third-order valence-corrected chi connectivity index (χ3v) is 2.74. The number of nitrogens with one attached hydrogen (secondary N) is 1. The molecule has 0 aromatic heterocycles. The molecular formula is C12H15NO2S. The standard InChI is InChI=1S/C12H15NO2S/c1-9(6-12(14)15)8-13-10-4-3-5-11(7-10)16-2/h3-7,13H,8H2,1-2H3,(H,14,15)/b9-6+. The van der Waals surface area contributed by atoms with Gasteiger partial charge in [-0.1, -0.05) is 6.07 Å². The largest absolute Gasteiger partial charge is 0.478 e. The van der Waals surface area contributed by atoms with Crippen LogP contribution in [0.15, 0.2) is 40.8 Å². The van der Waals surface area contributed by atoms with Gasteiger partial charge in [0.2, 0.25) is 0 Å². The van der Waals surface area contributed by atoms with Crippen LogP contribution < -0.4 is 5.32 Å². The van der Waals surface area contributed by atoms with Gasteiger partial charge in [-0.05, 0) is 37.0 Å². The Morgan fingerprint density at radius 1 is 1.56 bits per heavy atom. The average Bonchev–Trinajstić information content (AvgIpc) is 2.26. The highest BCUT2D eigenvalue weighted by atomic mass is 32.2. The summed E-state index contributed by atoms with van der Waals surface area (Å²) in [5, 5.41) is 11.7. The van der Waals surface area contributed by atoms with E-state index in [1.165, 1.54) is 11.0 Å². The zero-order chi connectivity index (χ0) is 12.0. The van der Waals surface area contributed by atoms with E-state index in [9.17, 15) is 4.79 Å². The number of benzene rings is 1. The molecule has 0 aliphatic rings. The van der Waals surface area contributed by atoms with Crippen molar-refractivity contribution in [1.29, 1.82) is 0 Å². The zero-order valence-corrected chi connectivity index (χ0v) is 10.2. The molecule has 0 fully saturated rings. The fourth-order valence-corrected chi connectivity index (χ4v) is 1.70. The van der Waals surface area contributed by atoms with Gasteiger partial charge < -0.3 is 10.4 Å². The summed E-state index contributed by atoms with van der Waals surface area (Å²) in [6.07, 6.45) is 3.24. The number of carbonyl (C=O) groups is 1. The minimum atomic E-state index is -0.905. The van der Waals surface area contributed by atoms with Crippen LogP contribution in [0.5, 0.6) is 0 Å². The van der Waals surface area contributed by atoms with E-state index in [0.717, 1.165) is 11.3 Å². The molecule has 86 valence electrons. The van der Waals surface area contributed by atoms with Crippen LogP contribution >= 0.6 is 11.8 Å². The first-order valence-corrected chi connectivity index (χ1v) is 6.12. The minimum absolute atomic E-state index is 0.546. The van der Waals surface area contributed by atoms with Crippen molar-refractivity contribution >= 4 is 23.4 Å². The van der Waals surface area contributed by atoms with Gasteiger partial charge in [-0.2, -0.15) is 0 Å². The Kier molecular flexibility index (Phi) is 4.92. The molecule has 1 aromatic rings. The molecule has 1 rings (SSSR count). The average molecular weight is 237 g/mol. The predicted octanol–water partition coefficient (Wildman–Crippen LogP) is 2.85. The van der Waals surface area contributed by atoms with Crippen LogP contribution in [0.25, 0.3) is 0 Å². The van der Waals surface area contributed by atoms with Crippen LogP contribution in [0.3, 0.4) is 0 Å². The molecule has 0 aliphatic heterocycles. The summed E-state index contributed by atoms with van der Waals surface area (Å²) >= 11 is 1.68. The summed E-state index contributed by atoms with van der Waals surface area (Å²) in [7, 11) is 0. The molecular weight excluding hydrogens is 222 g/mol. The molecule has 0 aliphatic carbocycles. The van der Waals surface area contributed by atoms with Crippen molar-refractivity contribution in [2.45, 2.75) is 11.8 Å². The van der Waals surface area contributed by atoms with Crippen molar-refractivity contribution in [2.24, 2.45) is 0 Å². The van der Waals surface area contributed by atoms with Crippen LogP contribution in [-0.2, 0) is 4.79 Å². The molecule has 0 heterocycles. The number of carboxylic acid groups (broad SMARTS) is 1. The summed E-state index contributed by atoms with van der Waals surface area (Å²) in [5.74, 6) is -0.905. The van der Waals surface area contributed by atoms with Gasteiger partial charge in [0.25, 0.3) is 0 Å². The first kappa shape index (κ1) is 12.6. The fraction of sp³-hybridized carbons (Fsp3) is 0.250. The highest BCUT2D eigenvalue weighted by Crippen LogP contribution is 2.18. The number of rotatable bonds is 5. The van der Waals surface area contributed by atoms with Crippen molar-refractivity contribution in [3.05, 3.63) is 35.9 Å². The van der Waals surface area contributed by atoms with E-state index in [2.05, 4.69) is 5.32 Å². The molecule has 4 heteroatoms. The third-order valence-electron chi connectivity index (χ3n) is 2.01. The first-order chi connectivity index (χ1) is 7.61. The quantitative estimate of drug-likeness (QED) is 0.610. The molecule has 0 saturated carbocycles. The summed E-state index contributed by atoms with van der Waals surface area (Å²) < 4.78 is 0. The topological polar surface area (TPSA) is 49.3 Å². The zero-order valence-electron chi connectivity index (χ0n) is 9.36. The summed E-state index contributed by atoms with van der Waals surface area (Å²) in [6, 6.07) is 8.02. The van der Waals surface area contributed by atoms with Crippen molar-refractivity contribution in [2.75, 3.05) is 18.1 Å². The highest BCUT2D eigenvalue weighted by molar-refractivity contribution is 7.98. The number of thioether (sulfide) groups is 1. The molecule has 0 atom stereocenters. The summed E-state index contributed by atoms with van der Waals surface area (Å²) in [4.78, 5) is 11.6. The molecule has 16 heavy (non-hydrogen) atoms. The van der Waals surface area contributed by atoms with Crippen molar-refractivity contribution in [3.63, 3.8) is 0 Å². The van der Waals surface area contributed by atoms with E-state index in [0.29, 0.717) is 6.54 Å². The lowest BCUT2D eigenvalue weighted by molar-refractivity contribution is -0.131. The van der Waals surface area contributed by atoms with Gasteiger partial charge in [0.05, 0.1) is 0 Å². The van der Waals surface area contributed by atoms with Gasteiger partial charge in [0.15, 0.2) is 0 Å². The number of anilines is 1. The number of hydrogen-bond acceptors (Lipinski definition) is 3. The van der Waals surface area contributed by atoms with E-state index in [-0.39, 0.29) is 0 Å². The Labute approximate surface area is 99.6 Å². The second-order valence-electron chi connectivity index (χ2n) is 3.41. The lowest BCUT2D eigenvalue weighted by Gasteiger charge is -2.07. The predicted molar refractivity (Wildman–Crippen MR) is 68.1 cm³/mol. The van der Waals surface area contributed by atoms with E-state index in [1.54, 1.807) is 18.7 Å². The van der Waals surface area contributed by atoms with Crippen LogP contribution in [0.1, 0.15) is 6.92 Å². The van der Waals surface area contributed by atoms with Gasteiger partial charge in [0.1, 0.15) is 0 Å². The molecule has 3 nitrogen and oxygen atoms in total. The Hall–Kier alpha value is -1.42. The maximum atomic E-state index is 10.4. The van der Waals surface area contributed by atoms with E-state index >= 15 is 0 Å². The van der Waals surface area contributed by atoms with Crippen molar-refractivity contribution in [1.82, 2.24) is 0 Å². The van der Waals surface area contributed by atoms with E-state index < -0.39 is 5.97 Å². The van der Waals surface area contributed by atoms with E-state index in [4.69, 9.17) is 5.11 Å². The van der Waals surface area contributed by atoms with Gasteiger partial charge in [-0.3, -0.25) is 0 Å². The van der Waals surface area contributed by atoms with Gasteiger partial charge in [-0.15, -0.1) is 11.8 Å². The first-order valence-electron chi connectivity index (χ1n) is 4.90. The molecule has 0 spiro atoms. The van der Waals surface area contributed by atoms with Crippen LogP contribution in [0.2, 0.25) is 0 Å². The maximum absolute atomic E-state index is 10.4. The smallest absolute Gasteiger partial charge is 0.328 e. The molecule has 0 amide bonds. The molecule has 1 aromatic carbocycles. The summed E-state index contributed by atoms with van der Waals surface area (Å²) in [5.41, 5.74) is 1.80. The monoisotopic (exact) mass is 237 g/mol. The second-order valence-corrected chi connectivity index (χ2v) is 4.29.